The average molecular weight is 341 g/mol. The number of methoxy groups -OCH3 is 2. The number of carbonyl (C=O) groups excluding carboxylic acids is 1. The van der Waals surface area contributed by atoms with E-state index in [2.05, 4.69) is 22.9 Å². The highest BCUT2D eigenvalue weighted by atomic mass is 79.9. The molecule has 0 aromatic heterocycles. The van der Waals surface area contributed by atoms with Crippen molar-refractivity contribution in [3.8, 4) is 11.5 Å². The summed E-state index contributed by atoms with van der Waals surface area (Å²) in [5.74, 6) is 1.46. The summed E-state index contributed by atoms with van der Waals surface area (Å²) in [7, 11) is 3.18. The first-order valence-corrected chi connectivity index (χ1v) is 7.83. The van der Waals surface area contributed by atoms with Gasteiger partial charge >= 0.3 is 0 Å². The van der Waals surface area contributed by atoms with Crippen molar-refractivity contribution >= 4 is 21.7 Å². The predicted octanol–water partition coefficient (Wildman–Crippen LogP) is 4.62. The van der Waals surface area contributed by atoms with E-state index in [-0.39, 0.29) is 11.2 Å². The molecular weight excluding hydrogens is 320 g/mol. The van der Waals surface area contributed by atoms with E-state index in [4.69, 9.17) is 9.47 Å². The zero-order valence-electron chi connectivity index (χ0n) is 12.3. The van der Waals surface area contributed by atoms with Crippen molar-refractivity contribution in [2.24, 2.45) is 5.41 Å². The van der Waals surface area contributed by atoms with Crippen LogP contribution in [0.1, 0.15) is 49.4 Å². The van der Waals surface area contributed by atoms with Gasteiger partial charge < -0.3 is 9.47 Å². The lowest BCUT2D eigenvalue weighted by Crippen LogP contribution is -2.27. The largest absolute Gasteiger partial charge is 0.493 e. The van der Waals surface area contributed by atoms with Gasteiger partial charge in [-0.3, -0.25) is 4.79 Å². The van der Waals surface area contributed by atoms with Gasteiger partial charge in [-0.25, -0.2) is 0 Å². The van der Waals surface area contributed by atoms with E-state index in [0.29, 0.717) is 17.1 Å². The lowest BCUT2D eigenvalue weighted by molar-refractivity contribution is 0.0790. The van der Waals surface area contributed by atoms with Crippen molar-refractivity contribution in [3.05, 3.63) is 22.2 Å². The molecule has 0 saturated heterocycles. The highest BCUT2D eigenvalue weighted by molar-refractivity contribution is 9.10. The fraction of sp³-hybridized carbons (Fsp3) is 0.562. The minimum atomic E-state index is -0.192. The van der Waals surface area contributed by atoms with Gasteiger partial charge in [0.05, 0.1) is 14.2 Å². The molecule has 4 heteroatoms. The molecule has 0 atom stereocenters. The van der Waals surface area contributed by atoms with Crippen molar-refractivity contribution in [1.82, 2.24) is 0 Å². The Hall–Kier alpha value is -1.03. The van der Waals surface area contributed by atoms with E-state index >= 15 is 0 Å². The van der Waals surface area contributed by atoms with E-state index in [9.17, 15) is 4.79 Å². The molecule has 1 aromatic rings. The van der Waals surface area contributed by atoms with Crippen molar-refractivity contribution in [2.75, 3.05) is 14.2 Å². The summed E-state index contributed by atoms with van der Waals surface area (Å²) in [5, 5.41) is 0. The Balaban J connectivity index is 2.44. The highest BCUT2D eigenvalue weighted by Gasteiger charge is 2.40. The van der Waals surface area contributed by atoms with Crippen LogP contribution in [0.2, 0.25) is 0 Å². The number of rotatable bonds is 5. The van der Waals surface area contributed by atoms with E-state index < -0.39 is 0 Å². The van der Waals surface area contributed by atoms with Crippen LogP contribution in [0.15, 0.2) is 16.6 Å². The molecule has 2 rings (SSSR count). The van der Waals surface area contributed by atoms with E-state index in [1.165, 1.54) is 0 Å². The van der Waals surface area contributed by atoms with Gasteiger partial charge in [0.1, 0.15) is 0 Å². The highest BCUT2D eigenvalue weighted by Crippen LogP contribution is 2.45. The fourth-order valence-electron chi connectivity index (χ4n) is 3.11. The predicted molar refractivity (Wildman–Crippen MR) is 82.8 cm³/mol. The molecule has 0 spiro atoms. The second kappa shape index (κ2) is 6.17. The molecule has 1 saturated carbocycles. The number of ketones is 1. The second-order valence-electron chi connectivity index (χ2n) is 5.36. The molecule has 0 heterocycles. The third-order valence-electron chi connectivity index (χ3n) is 4.44. The summed E-state index contributed by atoms with van der Waals surface area (Å²) in [4.78, 5) is 13.0. The van der Waals surface area contributed by atoms with Crippen molar-refractivity contribution in [3.63, 3.8) is 0 Å². The van der Waals surface area contributed by atoms with Crippen LogP contribution in [0.4, 0.5) is 0 Å². The minimum Gasteiger partial charge on any atom is -0.493 e. The maximum atomic E-state index is 13.0. The molecule has 3 nitrogen and oxygen atoms in total. The lowest BCUT2D eigenvalue weighted by atomic mass is 9.76. The molecule has 0 N–H and O–H groups in total. The van der Waals surface area contributed by atoms with Crippen LogP contribution in [0.5, 0.6) is 11.5 Å². The molecule has 1 fully saturated rings. The van der Waals surface area contributed by atoms with Gasteiger partial charge in [-0.1, -0.05) is 19.8 Å². The van der Waals surface area contributed by atoms with E-state index in [0.717, 1.165) is 36.6 Å². The topological polar surface area (TPSA) is 35.5 Å². The summed E-state index contributed by atoms with van der Waals surface area (Å²) in [5.41, 5.74) is 0.508. The summed E-state index contributed by atoms with van der Waals surface area (Å²) in [6.07, 6.45) is 5.16. The molecule has 1 aromatic carbocycles. The Morgan fingerprint density at radius 1 is 1.20 bits per heavy atom. The van der Waals surface area contributed by atoms with Crippen LogP contribution in [0, 0.1) is 5.41 Å². The van der Waals surface area contributed by atoms with Crippen molar-refractivity contribution < 1.29 is 14.3 Å². The molecule has 1 aliphatic rings. The Morgan fingerprint density at radius 3 is 2.25 bits per heavy atom. The van der Waals surface area contributed by atoms with Gasteiger partial charge in [-0.05, 0) is 47.3 Å². The molecular formula is C16H21BrO3. The lowest BCUT2D eigenvalue weighted by Gasteiger charge is -2.26. The number of hydrogen-bond acceptors (Lipinski definition) is 3. The zero-order valence-corrected chi connectivity index (χ0v) is 13.9. The van der Waals surface area contributed by atoms with E-state index in [1.807, 2.05) is 6.07 Å². The Bertz CT molecular complexity index is 505. The molecule has 0 unspecified atom stereocenters. The average Bonchev–Trinajstić information content (AvgIpc) is 2.96. The van der Waals surface area contributed by atoms with E-state index in [1.54, 1.807) is 20.3 Å². The van der Waals surface area contributed by atoms with Gasteiger partial charge in [0.15, 0.2) is 17.3 Å². The maximum absolute atomic E-state index is 13.0. The first-order chi connectivity index (χ1) is 9.57. The van der Waals surface area contributed by atoms with Gasteiger partial charge in [0.25, 0.3) is 0 Å². The number of halogens is 1. The summed E-state index contributed by atoms with van der Waals surface area (Å²) < 4.78 is 11.4. The number of hydrogen-bond donors (Lipinski definition) is 0. The first-order valence-electron chi connectivity index (χ1n) is 7.04. The monoisotopic (exact) mass is 340 g/mol. The molecule has 0 bridgehead atoms. The van der Waals surface area contributed by atoms with Crippen LogP contribution in [0.3, 0.4) is 0 Å². The molecule has 0 amide bonds. The maximum Gasteiger partial charge on any atom is 0.170 e. The zero-order chi connectivity index (χ0) is 14.8. The van der Waals surface area contributed by atoms with Gasteiger partial charge in [0, 0.05) is 15.5 Å². The third-order valence-corrected chi connectivity index (χ3v) is 5.09. The van der Waals surface area contributed by atoms with Crippen LogP contribution in [-0.4, -0.2) is 20.0 Å². The van der Waals surface area contributed by atoms with Crippen LogP contribution >= 0.6 is 15.9 Å². The quantitative estimate of drug-likeness (QED) is 0.733. The summed E-state index contributed by atoms with van der Waals surface area (Å²) >= 11 is 3.50. The van der Waals surface area contributed by atoms with Gasteiger partial charge in [-0.2, -0.15) is 0 Å². The summed E-state index contributed by atoms with van der Waals surface area (Å²) in [6.45, 7) is 2.11. The third kappa shape index (κ3) is 2.58. The minimum absolute atomic E-state index is 0.192. The number of ether oxygens (including phenoxy) is 2. The van der Waals surface area contributed by atoms with Crippen LogP contribution < -0.4 is 9.47 Å². The van der Waals surface area contributed by atoms with Gasteiger partial charge in [-0.15, -0.1) is 0 Å². The first kappa shape index (κ1) is 15.4. The van der Waals surface area contributed by atoms with Crippen molar-refractivity contribution in [1.29, 1.82) is 0 Å². The molecule has 0 aliphatic heterocycles. The summed E-state index contributed by atoms with van der Waals surface area (Å²) in [6, 6.07) is 3.60. The van der Waals surface area contributed by atoms with Crippen molar-refractivity contribution in [2.45, 2.75) is 39.0 Å². The fourth-order valence-corrected chi connectivity index (χ4v) is 3.61. The SMILES string of the molecule is CCC1(C(=O)c2cc(OC)c(OC)cc2Br)CCCC1. The number of benzene rings is 1. The normalized spacial score (nSPS) is 17.0. The van der Waals surface area contributed by atoms with Gasteiger partial charge in [0.2, 0.25) is 0 Å². The molecule has 110 valence electrons. The standard InChI is InChI=1S/C16H21BrO3/c1-4-16(7-5-6-8-16)15(18)11-9-13(19-2)14(20-3)10-12(11)17/h9-10H,4-8H2,1-3H3. The second-order valence-corrected chi connectivity index (χ2v) is 6.21. The smallest absolute Gasteiger partial charge is 0.170 e. The molecule has 1 aliphatic carbocycles. The van der Waals surface area contributed by atoms with Crippen LogP contribution in [0.25, 0.3) is 0 Å². The number of Topliss-reactive ketones (excluding diaryl/α,β-unsaturated/α-hetero) is 1. The van der Waals surface area contributed by atoms with Crippen LogP contribution in [-0.2, 0) is 0 Å². The Labute approximate surface area is 128 Å². The molecule has 20 heavy (non-hydrogen) atoms. The Kier molecular flexibility index (Phi) is 4.74. The molecule has 0 radical (unpaired) electrons. The number of carbonyl (C=O) groups is 1. The Morgan fingerprint density at radius 2 is 1.75 bits per heavy atom.